The number of para-hydroxylation sites is 4. The van der Waals surface area contributed by atoms with Gasteiger partial charge < -0.3 is 14.0 Å². The van der Waals surface area contributed by atoms with Gasteiger partial charge in [0.05, 0.1) is 27.8 Å². The number of hydrogen-bond acceptors (Lipinski definition) is 1. The number of fused-ring (bicyclic) bond motifs is 7. The molecule has 3 nitrogen and oxygen atoms in total. The molecule has 258 valence electrons. The summed E-state index contributed by atoms with van der Waals surface area (Å²) in [5, 5.41) is 7.44. The van der Waals surface area contributed by atoms with Gasteiger partial charge in [-0.3, -0.25) is 0 Å². The lowest BCUT2D eigenvalue weighted by Crippen LogP contribution is -2.10. The smallest absolute Gasteiger partial charge is 0.0547 e. The van der Waals surface area contributed by atoms with E-state index in [2.05, 4.69) is 226 Å². The Morgan fingerprint density at radius 1 is 0.327 bits per heavy atom. The Morgan fingerprint density at radius 3 is 1.67 bits per heavy atom. The summed E-state index contributed by atoms with van der Waals surface area (Å²) in [4.78, 5) is 2.36. The normalized spacial score (nSPS) is 11.6. The Hall–Kier alpha value is -7.36. The van der Waals surface area contributed by atoms with E-state index in [9.17, 15) is 0 Å². The van der Waals surface area contributed by atoms with E-state index in [0.29, 0.717) is 0 Å². The molecule has 9 aromatic carbocycles. The molecule has 0 atom stereocenters. The summed E-state index contributed by atoms with van der Waals surface area (Å²) >= 11 is 0. The average molecular weight is 702 g/mol. The molecule has 11 rings (SSSR count). The van der Waals surface area contributed by atoms with Crippen molar-refractivity contribution in [2.24, 2.45) is 0 Å². The predicted octanol–water partition coefficient (Wildman–Crippen LogP) is 14.2. The summed E-state index contributed by atoms with van der Waals surface area (Å²) in [6.07, 6.45) is 0. The third kappa shape index (κ3) is 4.98. The highest BCUT2D eigenvalue weighted by molar-refractivity contribution is 6.17. The monoisotopic (exact) mass is 701 g/mol. The van der Waals surface area contributed by atoms with Gasteiger partial charge in [0.25, 0.3) is 0 Å². The van der Waals surface area contributed by atoms with Gasteiger partial charge in [-0.25, -0.2) is 0 Å². The fraction of sp³-hybridized carbons (Fsp3) is 0. The molecule has 0 N–H and O–H groups in total. The van der Waals surface area contributed by atoms with Gasteiger partial charge in [-0.2, -0.15) is 0 Å². The van der Waals surface area contributed by atoms with Crippen LogP contribution in [-0.4, -0.2) is 9.13 Å². The van der Waals surface area contributed by atoms with Crippen LogP contribution in [0.4, 0.5) is 17.1 Å². The molecule has 0 spiro atoms. The minimum Gasteiger partial charge on any atom is -0.310 e. The summed E-state index contributed by atoms with van der Waals surface area (Å²) in [5.41, 5.74) is 12.9. The summed E-state index contributed by atoms with van der Waals surface area (Å²) in [6.45, 7) is 0. The first kappa shape index (κ1) is 31.2. The Balaban J connectivity index is 1.09. The van der Waals surface area contributed by atoms with Gasteiger partial charge >= 0.3 is 0 Å². The maximum Gasteiger partial charge on any atom is 0.0547 e. The molecule has 55 heavy (non-hydrogen) atoms. The van der Waals surface area contributed by atoms with E-state index in [1.807, 2.05) is 0 Å². The molecule has 2 aromatic heterocycles. The van der Waals surface area contributed by atoms with E-state index in [1.165, 1.54) is 65.5 Å². The van der Waals surface area contributed by atoms with Gasteiger partial charge in [-0.05, 0) is 95.4 Å². The minimum atomic E-state index is 1.11. The standard InChI is InChI=1S/C52H35N3/c1-3-17-38(18-4-1)53(47-27-13-16-36-15-7-8-21-42(36)47)40-30-32-41(33-31-40)55-48-25-11-9-22-44(48)45-34-29-37(35-51(45)55)43-24-14-28-50-52(43)46-23-10-12-26-49(46)54(50)39-19-5-2-6-20-39/h1-35H. The zero-order chi connectivity index (χ0) is 36.3. The van der Waals surface area contributed by atoms with E-state index >= 15 is 0 Å². The first-order valence-corrected chi connectivity index (χ1v) is 18.9. The molecule has 0 aliphatic heterocycles. The maximum absolute atomic E-state index is 2.43. The second-order valence-electron chi connectivity index (χ2n) is 14.2. The van der Waals surface area contributed by atoms with Crippen molar-refractivity contribution in [2.45, 2.75) is 0 Å². The lowest BCUT2D eigenvalue weighted by Gasteiger charge is -2.27. The van der Waals surface area contributed by atoms with Gasteiger partial charge in [0, 0.05) is 49.7 Å². The zero-order valence-electron chi connectivity index (χ0n) is 30.0. The fourth-order valence-corrected chi connectivity index (χ4v) is 8.69. The molecule has 0 unspecified atom stereocenters. The van der Waals surface area contributed by atoms with Crippen molar-refractivity contribution < 1.29 is 0 Å². The number of nitrogens with zero attached hydrogens (tertiary/aromatic N) is 3. The van der Waals surface area contributed by atoms with Crippen LogP contribution in [0.25, 0.3) is 76.9 Å². The first-order valence-electron chi connectivity index (χ1n) is 18.9. The van der Waals surface area contributed by atoms with Crippen LogP contribution in [0.1, 0.15) is 0 Å². The highest BCUT2D eigenvalue weighted by Crippen LogP contribution is 2.42. The van der Waals surface area contributed by atoms with Crippen LogP contribution in [0.15, 0.2) is 212 Å². The second-order valence-corrected chi connectivity index (χ2v) is 14.2. The SMILES string of the molecule is c1ccc(N(c2ccc(-n3c4ccccc4c4ccc(-c5cccc6c5c5ccccc5n6-c5ccccc5)cc43)cc2)c2cccc3ccccc23)cc1. The highest BCUT2D eigenvalue weighted by atomic mass is 15.1. The summed E-state index contributed by atoms with van der Waals surface area (Å²) < 4.78 is 4.82. The Labute approximate surface area is 319 Å². The molecule has 0 amide bonds. The average Bonchev–Trinajstić information content (AvgIpc) is 3.78. The third-order valence-electron chi connectivity index (χ3n) is 11.1. The molecule has 0 fully saturated rings. The lowest BCUT2D eigenvalue weighted by molar-refractivity contribution is 1.17. The van der Waals surface area contributed by atoms with E-state index < -0.39 is 0 Å². The van der Waals surface area contributed by atoms with Crippen LogP contribution >= 0.6 is 0 Å². The predicted molar refractivity (Wildman–Crippen MR) is 233 cm³/mol. The van der Waals surface area contributed by atoms with E-state index in [-0.39, 0.29) is 0 Å². The molecule has 11 aromatic rings. The number of benzene rings is 9. The van der Waals surface area contributed by atoms with Crippen LogP contribution in [0.2, 0.25) is 0 Å². The largest absolute Gasteiger partial charge is 0.310 e. The first-order chi connectivity index (χ1) is 27.3. The van der Waals surface area contributed by atoms with Crippen molar-refractivity contribution in [1.29, 1.82) is 0 Å². The Bertz CT molecular complexity index is 3180. The number of hydrogen-bond donors (Lipinski definition) is 0. The van der Waals surface area contributed by atoms with Gasteiger partial charge in [0.2, 0.25) is 0 Å². The zero-order valence-corrected chi connectivity index (χ0v) is 30.0. The molecule has 0 aliphatic rings. The maximum atomic E-state index is 2.43. The Kier molecular flexibility index (Phi) is 7.17. The molecule has 0 saturated carbocycles. The molecule has 0 bridgehead atoms. The van der Waals surface area contributed by atoms with Gasteiger partial charge in [-0.1, -0.05) is 133 Å². The molecule has 0 aliphatic carbocycles. The third-order valence-corrected chi connectivity index (χ3v) is 11.1. The van der Waals surface area contributed by atoms with Crippen molar-refractivity contribution in [3.63, 3.8) is 0 Å². The number of anilines is 3. The lowest BCUT2D eigenvalue weighted by atomic mass is 9.98. The summed E-state index contributed by atoms with van der Waals surface area (Å²) in [5.74, 6) is 0. The van der Waals surface area contributed by atoms with E-state index in [1.54, 1.807) is 0 Å². The van der Waals surface area contributed by atoms with Crippen molar-refractivity contribution in [3.05, 3.63) is 212 Å². The number of aromatic nitrogens is 2. The van der Waals surface area contributed by atoms with Crippen molar-refractivity contribution in [1.82, 2.24) is 9.13 Å². The molecule has 0 saturated heterocycles. The van der Waals surface area contributed by atoms with E-state index in [0.717, 1.165) is 28.4 Å². The molecular weight excluding hydrogens is 667 g/mol. The molecule has 2 heterocycles. The second kappa shape index (κ2) is 12.6. The number of rotatable bonds is 6. The quantitative estimate of drug-likeness (QED) is 0.168. The van der Waals surface area contributed by atoms with Crippen LogP contribution in [-0.2, 0) is 0 Å². The summed E-state index contributed by atoms with van der Waals surface area (Å²) in [6, 6.07) is 76.8. The molecular formula is C52H35N3. The highest BCUT2D eigenvalue weighted by Gasteiger charge is 2.19. The topological polar surface area (TPSA) is 13.1 Å². The molecule has 0 radical (unpaired) electrons. The van der Waals surface area contributed by atoms with Crippen LogP contribution in [0.3, 0.4) is 0 Å². The molecule has 3 heteroatoms. The summed E-state index contributed by atoms with van der Waals surface area (Å²) in [7, 11) is 0. The van der Waals surface area contributed by atoms with Crippen LogP contribution in [0, 0.1) is 0 Å². The minimum absolute atomic E-state index is 1.11. The van der Waals surface area contributed by atoms with Crippen LogP contribution in [0.5, 0.6) is 0 Å². The van der Waals surface area contributed by atoms with Crippen molar-refractivity contribution in [3.8, 4) is 22.5 Å². The van der Waals surface area contributed by atoms with Crippen molar-refractivity contribution in [2.75, 3.05) is 4.90 Å². The van der Waals surface area contributed by atoms with Crippen LogP contribution < -0.4 is 4.90 Å². The van der Waals surface area contributed by atoms with Gasteiger partial charge in [-0.15, -0.1) is 0 Å². The van der Waals surface area contributed by atoms with E-state index in [4.69, 9.17) is 0 Å². The van der Waals surface area contributed by atoms with Gasteiger partial charge in [0.15, 0.2) is 0 Å². The Morgan fingerprint density at radius 2 is 0.873 bits per heavy atom. The van der Waals surface area contributed by atoms with Gasteiger partial charge in [0.1, 0.15) is 0 Å². The van der Waals surface area contributed by atoms with Crippen molar-refractivity contribution >= 4 is 71.4 Å². The fourth-order valence-electron chi connectivity index (χ4n) is 8.69.